The number of aliphatic carboxylic acids is 1. The Labute approximate surface area is 146 Å². The third-order valence-electron chi connectivity index (χ3n) is 2.77. The van der Waals surface area contributed by atoms with Crippen molar-refractivity contribution in [2.75, 3.05) is 5.73 Å². The quantitative estimate of drug-likeness (QED) is 0.512. The van der Waals surface area contributed by atoms with E-state index in [-0.39, 0.29) is 15.7 Å². The highest BCUT2D eigenvalue weighted by Gasteiger charge is 2.27. The SMILES string of the molecule is CC(C)(C)OC(=O)NC(CC(=O)c1cc(F)c(Br)cc1N)C(=O)O. The lowest BCUT2D eigenvalue weighted by Crippen LogP contribution is -2.44. The molecule has 24 heavy (non-hydrogen) atoms. The summed E-state index contributed by atoms with van der Waals surface area (Å²) in [4.78, 5) is 35.1. The van der Waals surface area contributed by atoms with Crippen molar-refractivity contribution in [3.63, 3.8) is 0 Å². The van der Waals surface area contributed by atoms with Gasteiger partial charge in [0.25, 0.3) is 0 Å². The third-order valence-corrected chi connectivity index (χ3v) is 3.38. The number of Topliss-reactive ketones (excluding diaryl/α,β-unsaturated/α-hetero) is 1. The Morgan fingerprint density at radius 1 is 1.38 bits per heavy atom. The highest BCUT2D eigenvalue weighted by Crippen LogP contribution is 2.24. The van der Waals surface area contributed by atoms with Gasteiger partial charge in [0.1, 0.15) is 17.5 Å². The van der Waals surface area contributed by atoms with Gasteiger partial charge in [-0.2, -0.15) is 0 Å². The number of carbonyl (C=O) groups excluding carboxylic acids is 2. The molecular formula is C15H18BrFN2O5. The molecule has 132 valence electrons. The Bertz CT molecular complexity index is 673. The van der Waals surface area contributed by atoms with Gasteiger partial charge in [-0.25, -0.2) is 14.0 Å². The summed E-state index contributed by atoms with van der Waals surface area (Å²) in [5.74, 6) is -2.85. The van der Waals surface area contributed by atoms with Crippen molar-refractivity contribution in [3.05, 3.63) is 28.0 Å². The van der Waals surface area contributed by atoms with Gasteiger partial charge in [0.05, 0.1) is 4.47 Å². The van der Waals surface area contributed by atoms with E-state index in [1.807, 2.05) is 0 Å². The average Bonchev–Trinajstić information content (AvgIpc) is 2.39. The molecule has 0 aliphatic carbocycles. The van der Waals surface area contributed by atoms with Crippen LogP contribution >= 0.6 is 15.9 Å². The van der Waals surface area contributed by atoms with Crippen molar-refractivity contribution in [1.82, 2.24) is 5.32 Å². The Morgan fingerprint density at radius 3 is 2.46 bits per heavy atom. The van der Waals surface area contributed by atoms with Crippen LogP contribution in [0.5, 0.6) is 0 Å². The van der Waals surface area contributed by atoms with Crippen LogP contribution in [0.25, 0.3) is 0 Å². The molecule has 0 aliphatic heterocycles. The lowest BCUT2D eigenvalue weighted by Gasteiger charge is -2.21. The molecule has 1 rings (SSSR count). The number of halogens is 2. The molecule has 1 atom stereocenters. The van der Waals surface area contributed by atoms with Crippen molar-refractivity contribution in [2.24, 2.45) is 0 Å². The number of rotatable bonds is 5. The Kier molecular flexibility index (Phi) is 6.30. The van der Waals surface area contributed by atoms with Crippen LogP contribution in [0, 0.1) is 5.82 Å². The maximum atomic E-state index is 13.6. The monoisotopic (exact) mass is 404 g/mol. The molecule has 0 heterocycles. The van der Waals surface area contributed by atoms with E-state index in [1.165, 1.54) is 6.07 Å². The molecule has 0 spiro atoms. The number of carbonyl (C=O) groups is 3. The van der Waals surface area contributed by atoms with Gasteiger partial charge < -0.3 is 20.9 Å². The van der Waals surface area contributed by atoms with Gasteiger partial charge in [0, 0.05) is 17.7 Å². The summed E-state index contributed by atoms with van der Waals surface area (Å²) in [6.07, 6.45) is -1.57. The number of benzene rings is 1. The summed E-state index contributed by atoms with van der Waals surface area (Å²) < 4.78 is 18.6. The maximum Gasteiger partial charge on any atom is 0.408 e. The fourth-order valence-corrected chi connectivity index (χ4v) is 2.11. The Balaban J connectivity index is 2.89. The molecule has 9 heteroatoms. The standard InChI is InChI=1S/C15H18BrFN2O5/c1-15(2,3)24-14(23)19-11(13(21)22)6-12(20)7-4-9(17)8(16)5-10(7)18/h4-5,11H,6,18H2,1-3H3,(H,19,23)(H,21,22). The molecule has 0 radical (unpaired) electrons. The van der Waals surface area contributed by atoms with E-state index in [2.05, 4.69) is 21.2 Å². The Hall–Kier alpha value is -2.16. The second-order valence-corrected chi connectivity index (χ2v) is 6.87. The number of ketones is 1. The van der Waals surface area contributed by atoms with Crippen LogP contribution in [0.4, 0.5) is 14.9 Å². The van der Waals surface area contributed by atoms with Crippen molar-refractivity contribution in [1.29, 1.82) is 0 Å². The second-order valence-electron chi connectivity index (χ2n) is 6.02. The summed E-state index contributed by atoms with van der Waals surface area (Å²) in [6, 6.07) is 0.590. The number of ether oxygens (including phenoxy) is 1. The van der Waals surface area contributed by atoms with Crippen LogP contribution in [0.15, 0.2) is 16.6 Å². The molecule has 1 unspecified atom stereocenters. The smallest absolute Gasteiger partial charge is 0.408 e. The predicted molar refractivity (Wildman–Crippen MR) is 88.3 cm³/mol. The van der Waals surface area contributed by atoms with Crippen LogP contribution < -0.4 is 11.1 Å². The normalized spacial score (nSPS) is 12.4. The molecule has 0 saturated heterocycles. The van der Waals surface area contributed by atoms with E-state index >= 15 is 0 Å². The molecule has 0 saturated carbocycles. The van der Waals surface area contributed by atoms with Gasteiger partial charge in [-0.1, -0.05) is 0 Å². The van der Waals surface area contributed by atoms with Crippen LogP contribution in [0.2, 0.25) is 0 Å². The molecule has 7 nitrogen and oxygen atoms in total. The molecule has 0 bridgehead atoms. The first-order valence-electron chi connectivity index (χ1n) is 6.90. The lowest BCUT2D eigenvalue weighted by atomic mass is 10.0. The molecular weight excluding hydrogens is 387 g/mol. The summed E-state index contributed by atoms with van der Waals surface area (Å²) in [6.45, 7) is 4.83. The van der Waals surface area contributed by atoms with E-state index in [9.17, 15) is 18.8 Å². The van der Waals surface area contributed by atoms with Gasteiger partial charge in [-0.15, -0.1) is 0 Å². The largest absolute Gasteiger partial charge is 0.480 e. The first-order valence-corrected chi connectivity index (χ1v) is 7.70. The summed E-state index contributed by atoms with van der Waals surface area (Å²) >= 11 is 2.93. The van der Waals surface area contributed by atoms with Crippen molar-refractivity contribution < 1.29 is 28.6 Å². The van der Waals surface area contributed by atoms with Gasteiger partial charge in [0.2, 0.25) is 0 Å². The maximum absolute atomic E-state index is 13.6. The summed E-state index contributed by atoms with van der Waals surface area (Å²) in [5, 5.41) is 11.2. The predicted octanol–water partition coefficient (Wildman–Crippen LogP) is 2.72. The van der Waals surface area contributed by atoms with Crippen LogP contribution in [-0.4, -0.2) is 34.6 Å². The van der Waals surface area contributed by atoms with Gasteiger partial charge in [-0.05, 0) is 48.8 Å². The molecule has 0 aliphatic rings. The first-order chi connectivity index (χ1) is 10.9. The molecule has 1 amide bonds. The van der Waals surface area contributed by atoms with Crippen LogP contribution in [0.3, 0.4) is 0 Å². The number of hydrogen-bond acceptors (Lipinski definition) is 5. The summed E-state index contributed by atoms with van der Waals surface area (Å²) in [7, 11) is 0. The van der Waals surface area contributed by atoms with Crippen molar-refractivity contribution in [3.8, 4) is 0 Å². The minimum absolute atomic E-state index is 0.00492. The topological polar surface area (TPSA) is 119 Å². The zero-order valence-electron chi connectivity index (χ0n) is 13.4. The van der Waals surface area contributed by atoms with Gasteiger partial charge in [0.15, 0.2) is 5.78 Å². The fraction of sp³-hybridized carbons (Fsp3) is 0.400. The van der Waals surface area contributed by atoms with Crippen LogP contribution in [-0.2, 0) is 9.53 Å². The third kappa shape index (κ3) is 5.80. The number of nitrogen functional groups attached to an aromatic ring is 1. The van der Waals surface area contributed by atoms with Crippen molar-refractivity contribution in [2.45, 2.75) is 38.8 Å². The Morgan fingerprint density at radius 2 is 1.96 bits per heavy atom. The molecule has 1 aromatic rings. The zero-order chi connectivity index (χ0) is 18.7. The molecule has 0 fully saturated rings. The minimum Gasteiger partial charge on any atom is -0.480 e. The van der Waals surface area contributed by atoms with Gasteiger partial charge in [-0.3, -0.25) is 4.79 Å². The minimum atomic E-state index is -1.53. The number of anilines is 1. The van der Waals surface area contributed by atoms with E-state index in [0.717, 1.165) is 6.07 Å². The van der Waals surface area contributed by atoms with E-state index in [1.54, 1.807) is 20.8 Å². The number of carboxylic acids is 1. The highest BCUT2D eigenvalue weighted by atomic mass is 79.9. The van der Waals surface area contributed by atoms with Crippen LogP contribution in [0.1, 0.15) is 37.6 Å². The van der Waals surface area contributed by atoms with Gasteiger partial charge >= 0.3 is 12.1 Å². The van der Waals surface area contributed by atoms with E-state index in [4.69, 9.17) is 15.6 Å². The number of carboxylic acid groups (broad SMARTS) is 1. The molecule has 4 N–H and O–H groups in total. The van der Waals surface area contributed by atoms with Crippen molar-refractivity contribution >= 4 is 39.5 Å². The first kappa shape index (κ1) is 19.9. The van der Waals surface area contributed by atoms with E-state index in [0.29, 0.717) is 0 Å². The number of alkyl carbamates (subject to hydrolysis) is 1. The fourth-order valence-electron chi connectivity index (χ4n) is 1.75. The lowest BCUT2D eigenvalue weighted by molar-refractivity contribution is -0.139. The number of hydrogen-bond donors (Lipinski definition) is 3. The number of amides is 1. The number of nitrogens with two attached hydrogens (primary N) is 1. The molecule has 0 aromatic heterocycles. The number of nitrogens with one attached hydrogen (secondary N) is 1. The molecule has 1 aromatic carbocycles. The van der Waals surface area contributed by atoms with E-state index < -0.39 is 41.7 Å². The highest BCUT2D eigenvalue weighted by molar-refractivity contribution is 9.10. The zero-order valence-corrected chi connectivity index (χ0v) is 14.9. The second kappa shape index (κ2) is 7.61. The average molecular weight is 405 g/mol. The summed E-state index contributed by atoms with van der Waals surface area (Å²) in [5.41, 5.74) is 4.66.